The molecule has 0 unspecified atom stereocenters. The van der Waals surface area contributed by atoms with Crippen molar-refractivity contribution in [1.82, 2.24) is 10.2 Å². The molecule has 2 aliphatic heterocycles. The van der Waals surface area contributed by atoms with Gasteiger partial charge in [-0.2, -0.15) is 18.4 Å². The molecule has 0 aliphatic carbocycles. The van der Waals surface area contributed by atoms with Crippen molar-refractivity contribution in [3.8, 4) is 6.07 Å². The average molecular weight is 549 g/mol. The molecule has 2 heterocycles. The molecule has 0 spiro atoms. The Bertz CT molecular complexity index is 1330. The minimum absolute atomic E-state index is 0.114. The molecule has 2 aromatic carbocycles. The second-order valence-corrected chi connectivity index (χ2v) is 9.80. The lowest BCUT2D eigenvalue weighted by molar-refractivity contribution is -0.137. The minimum atomic E-state index is -4.86. The van der Waals surface area contributed by atoms with Crippen molar-refractivity contribution in [1.29, 1.82) is 5.26 Å². The zero-order valence-electron chi connectivity index (χ0n) is 20.5. The monoisotopic (exact) mass is 548 g/mol. The van der Waals surface area contributed by atoms with Crippen LogP contribution >= 0.6 is 11.6 Å². The fraction of sp³-hybridized carbons (Fsp3) is 0.360. The highest BCUT2D eigenvalue weighted by Crippen LogP contribution is 2.40. The van der Waals surface area contributed by atoms with Crippen molar-refractivity contribution in [2.75, 3.05) is 47.8 Å². The van der Waals surface area contributed by atoms with E-state index in [4.69, 9.17) is 16.9 Å². The smallest absolute Gasteiger partial charge is 0.324 e. The van der Waals surface area contributed by atoms with E-state index in [9.17, 15) is 27.6 Å². The molecule has 2 aromatic rings. The third-order valence-electron chi connectivity index (χ3n) is 6.42. The van der Waals surface area contributed by atoms with Crippen LogP contribution in [0.15, 0.2) is 36.4 Å². The molecule has 2 N–H and O–H groups in total. The van der Waals surface area contributed by atoms with Crippen molar-refractivity contribution < 1.29 is 27.6 Å². The summed E-state index contributed by atoms with van der Waals surface area (Å²) in [4.78, 5) is 42.9. The topological polar surface area (TPSA) is 109 Å². The molecule has 200 valence electrons. The zero-order chi connectivity index (χ0) is 27.8. The maximum Gasteiger partial charge on any atom is 0.417 e. The van der Waals surface area contributed by atoms with Crippen LogP contribution in [0.2, 0.25) is 5.02 Å². The normalized spacial score (nSPS) is 18.0. The SMILES string of the molecule is CC1(C)C(=O)N(c2ccc(C#N)c(C(F)(F)F)c2)C(=O)N1c1ccc(NC(=O)CN2CCNCC2)c(Cl)c1. The van der Waals surface area contributed by atoms with Crippen LogP contribution in [0, 0.1) is 11.3 Å². The van der Waals surface area contributed by atoms with Gasteiger partial charge in [0.25, 0.3) is 5.91 Å². The van der Waals surface area contributed by atoms with E-state index in [1.54, 1.807) is 0 Å². The van der Waals surface area contributed by atoms with Gasteiger partial charge < -0.3 is 10.6 Å². The van der Waals surface area contributed by atoms with Crippen LogP contribution in [0.3, 0.4) is 0 Å². The van der Waals surface area contributed by atoms with Gasteiger partial charge in [0.15, 0.2) is 0 Å². The summed E-state index contributed by atoms with van der Waals surface area (Å²) in [7, 11) is 0. The first-order chi connectivity index (χ1) is 17.8. The number of hydrogen-bond acceptors (Lipinski definition) is 6. The number of carbonyl (C=O) groups excluding carboxylic acids is 3. The Morgan fingerprint density at radius 1 is 1.13 bits per heavy atom. The van der Waals surface area contributed by atoms with E-state index in [1.165, 1.54) is 38.1 Å². The van der Waals surface area contributed by atoms with Gasteiger partial charge in [0, 0.05) is 31.9 Å². The van der Waals surface area contributed by atoms with Crippen LogP contribution in [0.4, 0.5) is 35.0 Å². The predicted molar refractivity (Wildman–Crippen MR) is 135 cm³/mol. The molecular weight excluding hydrogens is 525 g/mol. The molecule has 0 bridgehead atoms. The number of rotatable bonds is 5. The summed E-state index contributed by atoms with van der Waals surface area (Å²) < 4.78 is 40.5. The Hall–Kier alpha value is -3.66. The van der Waals surface area contributed by atoms with Gasteiger partial charge in [0.1, 0.15) is 5.54 Å². The number of hydrogen-bond donors (Lipinski definition) is 2. The molecule has 0 radical (unpaired) electrons. The standard InChI is InChI=1S/C25H24ClF3N6O3/c1-24(2)22(37)34(16-4-3-15(13-30)18(11-16)25(27,28)29)23(38)35(24)17-5-6-20(19(26)12-17)32-21(36)14-33-9-7-31-8-10-33/h3-6,11-12,31H,7-10,14H2,1-2H3,(H,32,36). The molecule has 9 nitrogen and oxygen atoms in total. The number of urea groups is 1. The fourth-order valence-electron chi connectivity index (χ4n) is 4.47. The van der Waals surface area contributed by atoms with Crippen molar-refractivity contribution in [2.45, 2.75) is 25.6 Å². The van der Waals surface area contributed by atoms with Crippen LogP contribution in [-0.4, -0.2) is 61.0 Å². The number of halogens is 4. The maximum atomic E-state index is 13.5. The minimum Gasteiger partial charge on any atom is -0.324 e. The molecule has 13 heteroatoms. The molecule has 2 saturated heterocycles. The lowest BCUT2D eigenvalue weighted by Crippen LogP contribution is -2.46. The second-order valence-electron chi connectivity index (χ2n) is 9.40. The Morgan fingerprint density at radius 3 is 2.39 bits per heavy atom. The lowest BCUT2D eigenvalue weighted by Gasteiger charge is -2.28. The van der Waals surface area contributed by atoms with E-state index in [2.05, 4.69) is 10.6 Å². The second kappa shape index (κ2) is 10.2. The first-order valence-electron chi connectivity index (χ1n) is 11.7. The van der Waals surface area contributed by atoms with E-state index in [-0.39, 0.29) is 28.8 Å². The molecule has 4 amide bonds. The van der Waals surface area contributed by atoms with Gasteiger partial charge in [-0.3, -0.25) is 19.4 Å². The number of imide groups is 1. The summed E-state index contributed by atoms with van der Waals surface area (Å²) in [6.45, 7) is 6.15. The van der Waals surface area contributed by atoms with E-state index < -0.39 is 34.8 Å². The Kier molecular flexibility index (Phi) is 7.38. The number of anilines is 3. The first kappa shape index (κ1) is 27.4. The van der Waals surface area contributed by atoms with Crippen molar-refractivity contribution in [3.05, 3.63) is 52.5 Å². The number of alkyl halides is 3. The highest BCUT2D eigenvalue weighted by molar-refractivity contribution is 6.35. The van der Waals surface area contributed by atoms with Gasteiger partial charge in [0.05, 0.1) is 40.1 Å². The lowest BCUT2D eigenvalue weighted by atomic mass is 10.0. The molecule has 0 aromatic heterocycles. The Morgan fingerprint density at radius 2 is 1.79 bits per heavy atom. The van der Waals surface area contributed by atoms with Gasteiger partial charge in [-0.25, -0.2) is 9.69 Å². The number of piperazine rings is 1. The Labute approximate surface area is 221 Å². The summed E-state index contributed by atoms with van der Waals surface area (Å²) in [5, 5.41) is 15.1. The van der Waals surface area contributed by atoms with E-state index in [1.807, 2.05) is 4.90 Å². The van der Waals surface area contributed by atoms with Crippen molar-refractivity contribution in [2.24, 2.45) is 0 Å². The predicted octanol–water partition coefficient (Wildman–Crippen LogP) is 3.83. The summed E-state index contributed by atoms with van der Waals surface area (Å²) in [6.07, 6.45) is -4.86. The number of nitrogens with zero attached hydrogens (tertiary/aromatic N) is 4. The van der Waals surface area contributed by atoms with Gasteiger partial charge in [-0.05, 0) is 50.2 Å². The highest BCUT2D eigenvalue weighted by Gasteiger charge is 2.53. The van der Waals surface area contributed by atoms with Gasteiger partial charge in [-0.1, -0.05) is 11.6 Å². The molecule has 2 aliphatic rings. The Balaban J connectivity index is 1.59. The van der Waals surface area contributed by atoms with Crippen LogP contribution in [0.5, 0.6) is 0 Å². The molecule has 0 atom stereocenters. The van der Waals surface area contributed by atoms with Gasteiger partial charge in [0.2, 0.25) is 5.91 Å². The largest absolute Gasteiger partial charge is 0.417 e. The molecule has 0 saturated carbocycles. The van der Waals surface area contributed by atoms with E-state index >= 15 is 0 Å². The number of nitriles is 1. The first-order valence-corrected chi connectivity index (χ1v) is 12.0. The highest BCUT2D eigenvalue weighted by atomic mass is 35.5. The van der Waals surface area contributed by atoms with E-state index in [0.29, 0.717) is 16.7 Å². The molecular formula is C25H24ClF3N6O3. The summed E-state index contributed by atoms with van der Waals surface area (Å²) >= 11 is 6.40. The molecule has 4 rings (SSSR count). The number of nitrogens with one attached hydrogen (secondary N) is 2. The van der Waals surface area contributed by atoms with Crippen molar-refractivity contribution >= 4 is 46.5 Å². The number of amides is 4. The fourth-order valence-corrected chi connectivity index (χ4v) is 4.69. The summed E-state index contributed by atoms with van der Waals surface area (Å²) in [5.74, 6) is -1.02. The van der Waals surface area contributed by atoms with Crippen LogP contribution in [-0.2, 0) is 15.8 Å². The number of benzene rings is 2. The summed E-state index contributed by atoms with van der Waals surface area (Å²) in [5.41, 5.74) is -3.14. The molecule has 2 fully saturated rings. The number of carbonyl (C=O) groups is 3. The van der Waals surface area contributed by atoms with Crippen LogP contribution in [0.25, 0.3) is 0 Å². The maximum absolute atomic E-state index is 13.5. The van der Waals surface area contributed by atoms with E-state index in [0.717, 1.165) is 43.2 Å². The van der Waals surface area contributed by atoms with Gasteiger partial charge in [-0.15, -0.1) is 0 Å². The van der Waals surface area contributed by atoms with Gasteiger partial charge >= 0.3 is 12.2 Å². The summed E-state index contributed by atoms with van der Waals surface area (Å²) in [6, 6.07) is 7.62. The van der Waals surface area contributed by atoms with Crippen molar-refractivity contribution in [3.63, 3.8) is 0 Å². The third kappa shape index (κ3) is 5.18. The average Bonchev–Trinajstić information content (AvgIpc) is 3.03. The van der Waals surface area contributed by atoms with Crippen LogP contribution < -0.4 is 20.4 Å². The quantitative estimate of drug-likeness (QED) is 0.550. The third-order valence-corrected chi connectivity index (χ3v) is 6.73. The zero-order valence-corrected chi connectivity index (χ0v) is 21.3. The molecule has 38 heavy (non-hydrogen) atoms. The van der Waals surface area contributed by atoms with Crippen LogP contribution in [0.1, 0.15) is 25.0 Å².